The summed E-state index contributed by atoms with van der Waals surface area (Å²) < 4.78 is 43.1. The first-order valence-electron chi connectivity index (χ1n) is 13.1. The summed E-state index contributed by atoms with van der Waals surface area (Å²) in [5, 5.41) is 2.89. The van der Waals surface area contributed by atoms with E-state index in [1.165, 1.54) is 35.2 Å². The molecule has 3 aromatic rings. The molecule has 1 atom stereocenters. The lowest BCUT2D eigenvalue weighted by Crippen LogP contribution is -2.52. The highest BCUT2D eigenvalue weighted by Gasteiger charge is 2.34. The van der Waals surface area contributed by atoms with Gasteiger partial charge in [0.25, 0.3) is 10.0 Å². The SMILES string of the molecule is CCCCNC(=O)[C@@H](CC)N(Cc1cccc(C)c1)C(=O)CN(c1ccccc1F)S(=O)(=O)c1ccccc1. The maximum Gasteiger partial charge on any atom is 0.264 e. The molecule has 1 N–H and O–H groups in total. The Labute approximate surface area is 230 Å². The van der Waals surface area contributed by atoms with E-state index in [4.69, 9.17) is 0 Å². The molecule has 0 saturated heterocycles. The molecule has 0 aliphatic heterocycles. The van der Waals surface area contributed by atoms with E-state index in [-0.39, 0.29) is 23.0 Å². The molecule has 0 spiro atoms. The number of hydrogen-bond acceptors (Lipinski definition) is 4. The summed E-state index contributed by atoms with van der Waals surface area (Å²) in [5.74, 6) is -1.70. The Hall–Kier alpha value is -3.72. The van der Waals surface area contributed by atoms with Crippen molar-refractivity contribution in [2.24, 2.45) is 0 Å². The molecule has 0 heterocycles. The number of carbonyl (C=O) groups excluding carboxylic acids is 2. The molecule has 208 valence electrons. The van der Waals surface area contributed by atoms with Crippen LogP contribution in [0.4, 0.5) is 10.1 Å². The summed E-state index contributed by atoms with van der Waals surface area (Å²) in [6.45, 7) is 5.63. The third kappa shape index (κ3) is 7.66. The van der Waals surface area contributed by atoms with Crippen LogP contribution < -0.4 is 9.62 Å². The van der Waals surface area contributed by atoms with Crippen molar-refractivity contribution in [2.75, 3.05) is 17.4 Å². The molecule has 0 radical (unpaired) electrons. The van der Waals surface area contributed by atoms with Crippen LogP contribution in [0, 0.1) is 12.7 Å². The second kappa shape index (κ2) is 13.9. The van der Waals surface area contributed by atoms with Crippen LogP contribution in [0.5, 0.6) is 0 Å². The largest absolute Gasteiger partial charge is 0.354 e. The van der Waals surface area contributed by atoms with Crippen molar-refractivity contribution < 1.29 is 22.4 Å². The molecule has 3 aromatic carbocycles. The van der Waals surface area contributed by atoms with Gasteiger partial charge in [0.1, 0.15) is 18.4 Å². The van der Waals surface area contributed by atoms with Gasteiger partial charge in [0, 0.05) is 13.1 Å². The van der Waals surface area contributed by atoms with Crippen molar-refractivity contribution in [1.29, 1.82) is 0 Å². The summed E-state index contributed by atoms with van der Waals surface area (Å²) in [6.07, 6.45) is 2.02. The van der Waals surface area contributed by atoms with E-state index in [0.717, 1.165) is 34.3 Å². The number of carbonyl (C=O) groups is 2. The number of halogens is 1. The lowest BCUT2D eigenvalue weighted by molar-refractivity contribution is -0.140. The van der Waals surface area contributed by atoms with Gasteiger partial charge in [0.15, 0.2) is 0 Å². The van der Waals surface area contributed by atoms with Gasteiger partial charge in [-0.3, -0.25) is 13.9 Å². The lowest BCUT2D eigenvalue weighted by atomic mass is 10.1. The molecule has 2 amide bonds. The molecular formula is C30H36FN3O4S. The van der Waals surface area contributed by atoms with E-state index >= 15 is 0 Å². The molecule has 39 heavy (non-hydrogen) atoms. The van der Waals surface area contributed by atoms with Crippen LogP contribution in [0.25, 0.3) is 0 Å². The highest BCUT2D eigenvalue weighted by atomic mass is 32.2. The summed E-state index contributed by atoms with van der Waals surface area (Å²) >= 11 is 0. The number of nitrogens with zero attached hydrogens (tertiary/aromatic N) is 2. The first kappa shape index (κ1) is 29.8. The number of anilines is 1. The highest BCUT2D eigenvalue weighted by Crippen LogP contribution is 2.27. The number of sulfonamides is 1. The van der Waals surface area contributed by atoms with Gasteiger partial charge < -0.3 is 10.2 Å². The van der Waals surface area contributed by atoms with Crippen LogP contribution in [0.3, 0.4) is 0 Å². The first-order chi connectivity index (χ1) is 18.7. The molecule has 0 bridgehead atoms. The maximum atomic E-state index is 15.0. The Bertz CT molecular complexity index is 1370. The molecule has 0 aromatic heterocycles. The fraction of sp³-hybridized carbons (Fsp3) is 0.333. The van der Waals surface area contributed by atoms with E-state index in [2.05, 4.69) is 5.32 Å². The Morgan fingerprint density at radius 1 is 0.949 bits per heavy atom. The zero-order valence-corrected chi connectivity index (χ0v) is 23.5. The minimum Gasteiger partial charge on any atom is -0.354 e. The summed E-state index contributed by atoms with van der Waals surface area (Å²) in [6, 6.07) is 19.7. The summed E-state index contributed by atoms with van der Waals surface area (Å²) in [7, 11) is -4.31. The highest BCUT2D eigenvalue weighted by molar-refractivity contribution is 7.92. The van der Waals surface area contributed by atoms with Crippen molar-refractivity contribution in [3.05, 3.63) is 95.8 Å². The van der Waals surface area contributed by atoms with E-state index in [1.54, 1.807) is 25.1 Å². The minimum absolute atomic E-state index is 0.0735. The average molecular weight is 554 g/mol. The van der Waals surface area contributed by atoms with Crippen molar-refractivity contribution in [3.8, 4) is 0 Å². The first-order valence-corrected chi connectivity index (χ1v) is 14.6. The van der Waals surface area contributed by atoms with Gasteiger partial charge in [-0.1, -0.05) is 80.4 Å². The molecule has 3 rings (SSSR count). The second-order valence-electron chi connectivity index (χ2n) is 9.36. The van der Waals surface area contributed by atoms with Crippen LogP contribution in [0.1, 0.15) is 44.2 Å². The van der Waals surface area contributed by atoms with Crippen molar-refractivity contribution in [1.82, 2.24) is 10.2 Å². The molecule has 0 fully saturated rings. The minimum atomic E-state index is -4.31. The second-order valence-corrected chi connectivity index (χ2v) is 11.2. The summed E-state index contributed by atoms with van der Waals surface area (Å²) in [5.41, 5.74) is 1.54. The van der Waals surface area contributed by atoms with Gasteiger partial charge in [-0.05, 0) is 49.6 Å². The monoisotopic (exact) mass is 553 g/mol. The number of benzene rings is 3. The smallest absolute Gasteiger partial charge is 0.264 e. The third-order valence-corrected chi connectivity index (χ3v) is 8.16. The van der Waals surface area contributed by atoms with Gasteiger partial charge >= 0.3 is 0 Å². The summed E-state index contributed by atoms with van der Waals surface area (Å²) in [4.78, 5) is 28.5. The topological polar surface area (TPSA) is 86.8 Å². The number of rotatable bonds is 13. The fourth-order valence-electron chi connectivity index (χ4n) is 4.32. The van der Waals surface area contributed by atoms with Crippen LogP contribution in [-0.4, -0.2) is 44.3 Å². The van der Waals surface area contributed by atoms with Gasteiger partial charge in [0.2, 0.25) is 11.8 Å². The molecule has 0 aliphatic carbocycles. The van der Waals surface area contributed by atoms with Gasteiger partial charge in [0.05, 0.1) is 10.6 Å². The number of nitrogens with one attached hydrogen (secondary N) is 1. The Morgan fingerprint density at radius 2 is 1.64 bits per heavy atom. The van der Waals surface area contributed by atoms with Crippen LogP contribution in [0.15, 0.2) is 83.8 Å². The van der Waals surface area contributed by atoms with Gasteiger partial charge in [-0.25, -0.2) is 12.8 Å². The maximum absolute atomic E-state index is 15.0. The van der Waals surface area contributed by atoms with E-state index in [9.17, 15) is 22.4 Å². The van der Waals surface area contributed by atoms with Crippen molar-refractivity contribution >= 4 is 27.5 Å². The number of aryl methyl sites for hydroxylation is 1. The van der Waals surface area contributed by atoms with Gasteiger partial charge in [-0.15, -0.1) is 0 Å². The van der Waals surface area contributed by atoms with Gasteiger partial charge in [-0.2, -0.15) is 0 Å². The molecule has 0 aliphatic rings. The molecular weight excluding hydrogens is 517 g/mol. The molecule has 0 saturated carbocycles. The van der Waals surface area contributed by atoms with Crippen molar-refractivity contribution in [2.45, 2.75) is 57.5 Å². The number of amides is 2. The Morgan fingerprint density at radius 3 is 2.28 bits per heavy atom. The quantitative estimate of drug-likeness (QED) is 0.300. The molecule has 7 nitrogen and oxygen atoms in total. The lowest BCUT2D eigenvalue weighted by Gasteiger charge is -2.33. The Balaban J connectivity index is 2.03. The van der Waals surface area contributed by atoms with Crippen LogP contribution in [0.2, 0.25) is 0 Å². The van der Waals surface area contributed by atoms with Crippen LogP contribution in [-0.2, 0) is 26.2 Å². The zero-order valence-electron chi connectivity index (χ0n) is 22.6. The Kier molecular flexibility index (Phi) is 10.6. The standard InChI is InChI=1S/C30H36FN3O4S/c1-4-6-19-32-30(36)27(5-2)33(21-24-14-12-13-23(3)20-24)29(35)22-34(28-18-11-10-17-26(28)31)39(37,38)25-15-8-7-9-16-25/h7-18,20,27H,4-6,19,21-22H2,1-3H3,(H,32,36)/t27-/m1/s1. The fourth-order valence-corrected chi connectivity index (χ4v) is 5.76. The number of unbranched alkanes of at least 4 members (excludes halogenated alkanes) is 1. The third-order valence-electron chi connectivity index (χ3n) is 6.38. The number of para-hydroxylation sites is 1. The predicted octanol–water partition coefficient (Wildman–Crippen LogP) is 5.05. The number of hydrogen-bond donors (Lipinski definition) is 1. The van der Waals surface area contributed by atoms with Crippen molar-refractivity contribution in [3.63, 3.8) is 0 Å². The zero-order chi connectivity index (χ0) is 28.4. The van der Waals surface area contributed by atoms with Crippen LogP contribution >= 0.6 is 0 Å². The average Bonchev–Trinajstić information content (AvgIpc) is 2.92. The van der Waals surface area contributed by atoms with E-state index < -0.39 is 34.3 Å². The molecule has 9 heteroatoms. The normalized spacial score (nSPS) is 12.0. The molecule has 0 unspecified atom stereocenters. The van der Waals surface area contributed by atoms with E-state index in [0.29, 0.717) is 13.0 Å². The predicted molar refractivity (Wildman–Crippen MR) is 151 cm³/mol. The van der Waals surface area contributed by atoms with E-state index in [1.807, 2.05) is 38.1 Å².